The van der Waals surface area contributed by atoms with Gasteiger partial charge in [0.1, 0.15) is 12.4 Å². The lowest BCUT2D eigenvalue weighted by Gasteiger charge is -2.26. The van der Waals surface area contributed by atoms with E-state index < -0.39 is 21.1 Å². The summed E-state index contributed by atoms with van der Waals surface area (Å²) < 4.78 is 39.8. The highest BCUT2D eigenvalue weighted by molar-refractivity contribution is 7.92. The molecule has 1 aliphatic heterocycles. The van der Waals surface area contributed by atoms with Gasteiger partial charge in [-0.2, -0.15) is 8.42 Å². The Morgan fingerprint density at radius 3 is 2.74 bits per heavy atom. The van der Waals surface area contributed by atoms with Gasteiger partial charge in [0, 0.05) is 17.3 Å². The summed E-state index contributed by atoms with van der Waals surface area (Å²) in [7, 11) is -4.25. The van der Waals surface area contributed by atoms with E-state index in [0.717, 1.165) is 12.8 Å². The van der Waals surface area contributed by atoms with Gasteiger partial charge in [-0.3, -0.25) is 4.72 Å². The van der Waals surface area contributed by atoms with Crippen molar-refractivity contribution in [2.45, 2.75) is 31.0 Å². The standard InChI is InChI=1S/C19H20ClN5O5S/c1-11(21)7-16(12-5-6-12)25-10-22-19(23-25)31(27,28)24-17-14(3-2-4-15(17)20)18(26)30-13-8-29-9-13/h2-4,7,10,12-13,21,24H,5-6,8-9H2,1H3/b16-7-,21-11?. The van der Waals surface area contributed by atoms with Crippen LogP contribution < -0.4 is 4.72 Å². The SMILES string of the molecule is CC(=N)/C=C(/C1CC1)n1cnc(S(=O)(=O)Nc2c(Cl)cccc2C(=O)OC2COC2)n1. The van der Waals surface area contributed by atoms with Gasteiger partial charge in [0.2, 0.25) is 0 Å². The minimum Gasteiger partial charge on any atom is -0.454 e. The number of allylic oxidation sites excluding steroid dienone is 2. The first-order valence-electron chi connectivity index (χ1n) is 9.53. The van der Waals surface area contributed by atoms with Crippen molar-refractivity contribution >= 4 is 44.7 Å². The van der Waals surface area contributed by atoms with Crippen molar-refractivity contribution < 1.29 is 22.7 Å². The first kappa shape index (κ1) is 21.5. The highest BCUT2D eigenvalue weighted by atomic mass is 35.5. The second-order valence-corrected chi connectivity index (χ2v) is 9.31. The van der Waals surface area contributed by atoms with E-state index in [1.54, 1.807) is 13.0 Å². The quantitative estimate of drug-likeness (QED) is 0.451. The van der Waals surface area contributed by atoms with Gasteiger partial charge < -0.3 is 14.9 Å². The molecule has 0 atom stereocenters. The van der Waals surface area contributed by atoms with Crippen LogP contribution in [0.25, 0.3) is 5.70 Å². The molecule has 0 amide bonds. The molecule has 2 aliphatic rings. The number of anilines is 1. The van der Waals surface area contributed by atoms with E-state index in [0.29, 0.717) is 24.6 Å². The van der Waals surface area contributed by atoms with E-state index in [-0.39, 0.29) is 28.3 Å². The molecule has 4 rings (SSSR count). The van der Waals surface area contributed by atoms with Gasteiger partial charge in [-0.15, -0.1) is 5.10 Å². The maximum atomic E-state index is 12.9. The van der Waals surface area contributed by atoms with E-state index in [2.05, 4.69) is 14.8 Å². The predicted molar refractivity (Wildman–Crippen MR) is 113 cm³/mol. The van der Waals surface area contributed by atoms with Crippen LogP contribution in [0.4, 0.5) is 5.69 Å². The van der Waals surface area contributed by atoms with Gasteiger partial charge in [0.05, 0.1) is 29.5 Å². The Morgan fingerprint density at radius 2 is 2.13 bits per heavy atom. The molecule has 164 valence electrons. The number of hydrogen-bond donors (Lipinski definition) is 2. The van der Waals surface area contributed by atoms with Gasteiger partial charge in [0.15, 0.2) is 0 Å². The van der Waals surface area contributed by atoms with Gasteiger partial charge >= 0.3 is 5.97 Å². The monoisotopic (exact) mass is 465 g/mol. The maximum Gasteiger partial charge on any atom is 0.340 e. The first-order valence-corrected chi connectivity index (χ1v) is 11.4. The Labute approximate surface area is 183 Å². The normalized spacial score (nSPS) is 17.2. The Hall–Kier alpha value is -2.76. The minimum absolute atomic E-state index is 0.0274. The van der Waals surface area contributed by atoms with Crippen molar-refractivity contribution in [1.82, 2.24) is 14.8 Å². The zero-order valence-corrected chi connectivity index (χ0v) is 18.1. The fourth-order valence-electron chi connectivity index (χ4n) is 2.94. The summed E-state index contributed by atoms with van der Waals surface area (Å²) in [6.45, 7) is 2.22. The van der Waals surface area contributed by atoms with Crippen molar-refractivity contribution in [2.24, 2.45) is 5.92 Å². The van der Waals surface area contributed by atoms with Crippen LogP contribution in [0.3, 0.4) is 0 Å². The molecule has 1 aromatic heterocycles. The number of aromatic nitrogens is 3. The summed E-state index contributed by atoms with van der Waals surface area (Å²) in [5, 5.41) is 11.3. The first-order chi connectivity index (χ1) is 14.7. The van der Waals surface area contributed by atoms with Crippen LogP contribution in [0, 0.1) is 11.3 Å². The molecule has 10 nitrogen and oxygen atoms in total. The summed E-state index contributed by atoms with van der Waals surface area (Å²) in [6.07, 6.45) is 4.44. The van der Waals surface area contributed by atoms with Gasteiger partial charge in [-0.05, 0) is 38.0 Å². The maximum absolute atomic E-state index is 12.9. The Balaban J connectivity index is 1.60. The summed E-state index contributed by atoms with van der Waals surface area (Å²) in [6, 6.07) is 4.39. The van der Waals surface area contributed by atoms with Crippen LogP contribution in [0.2, 0.25) is 5.02 Å². The molecule has 2 aromatic rings. The van der Waals surface area contributed by atoms with Crippen LogP contribution in [-0.4, -0.2) is 54.2 Å². The van der Waals surface area contributed by atoms with Crippen molar-refractivity contribution in [3.05, 3.63) is 41.2 Å². The van der Waals surface area contributed by atoms with Crippen LogP contribution in [0.5, 0.6) is 0 Å². The largest absolute Gasteiger partial charge is 0.454 e. The molecule has 31 heavy (non-hydrogen) atoms. The third-order valence-corrected chi connectivity index (χ3v) is 6.14. The number of nitrogens with one attached hydrogen (secondary N) is 2. The van der Waals surface area contributed by atoms with Gasteiger partial charge in [-0.25, -0.2) is 14.5 Å². The van der Waals surface area contributed by atoms with E-state index in [1.807, 2.05) is 0 Å². The van der Waals surface area contributed by atoms with Crippen LogP contribution in [0.1, 0.15) is 30.1 Å². The van der Waals surface area contributed by atoms with E-state index in [9.17, 15) is 13.2 Å². The van der Waals surface area contributed by atoms with Crippen LogP contribution in [-0.2, 0) is 19.5 Å². The number of halogens is 1. The van der Waals surface area contributed by atoms with Crippen molar-refractivity contribution in [3.63, 3.8) is 0 Å². The second kappa shape index (κ2) is 8.40. The number of rotatable bonds is 8. The third-order valence-electron chi connectivity index (χ3n) is 4.69. The Morgan fingerprint density at radius 1 is 1.39 bits per heavy atom. The number of hydrogen-bond acceptors (Lipinski definition) is 8. The molecule has 0 spiro atoms. The summed E-state index contributed by atoms with van der Waals surface area (Å²) >= 11 is 6.18. The summed E-state index contributed by atoms with van der Waals surface area (Å²) in [4.78, 5) is 16.4. The highest BCUT2D eigenvalue weighted by Crippen LogP contribution is 2.39. The predicted octanol–water partition coefficient (Wildman–Crippen LogP) is 2.58. The Bertz CT molecular complexity index is 1170. The molecule has 1 aliphatic carbocycles. The van der Waals surface area contributed by atoms with Gasteiger partial charge in [0.25, 0.3) is 15.2 Å². The molecule has 2 N–H and O–H groups in total. The van der Waals surface area contributed by atoms with Crippen LogP contribution in [0.15, 0.2) is 35.8 Å². The lowest BCUT2D eigenvalue weighted by Crippen LogP contribution is -2.38. The molecular weight excluding hydrogens is 446 g/mol. The molecule has 0 radical (unpaired) electrons. The lowest BCUT2D eigenvalue weighted by molar-refractivity contribution is -0.103. The van der Waals surface area contributed by atoms with Crippen LogP contribution >= 0.6 is 11.6 Å². The zero-order chi connectivity index (χ0) is 22.2. The van der Waals surface area contributed by atoms with E-state index >= 15 is 0 Å². The fourth-order valence-corrected chi connectivity index (χ4v) is 4.18. The number of para-hydroxylation sites is 1. The highest BCUT2D eigenvalue weighted by Gasteiger charge is 2.31. The molecule has 2 heterocycles. The minimum atomic E-state index is -4.25. The molecule has 0 unspecified atom stereocenters. The molecule has 1 saturated carbocycles. The number of carbonyl (C=O) groups is 1. The number of carbonyl (C=O) groups excluding carboxylic acids is 1. The number of nitrogens with zero attached hydrogens (tertiary/aromatic N) is 3. The lowest BCUT2D eigenvalue weighted by atomic mass is 10.2. The van der Waals surface area contributed by atoms with E-state index in [1.165, 1.54) is 29.2 Å². The third kappa shape index (κ3) is 4.78. The molecule has 0 bridgehead atoms. The zero-order valence-electron chi connectivity index (χ0n) is 16.5. The number of ether oxygens (including phenoxy) is 2. The molecule has 2 fully saturated rings. The molecular formula is C19H20ClN5O5S. The topological polar surface area (TPSA) is 136 Å². The second-order valence-electron chi connectivity index (χ2n) is 7.33. The molecule has 1 saturated heterocycles. The van der Waals surface area contributed by atoms with E-state index in [4.69, 9.17) is 26.5 Å². The number of esters is 1. The van der Waals surface area contributed by atoms with Crippen molar-refractivity contribution in [3.8, 4) is 0 Å². The van der Waals surface area contributed by atoms with Crippen molar-refractivity contribution in [2.75, 3.05) is 17.9 Å². The number of benzene rings is 1. The van der Waals surface area contributed by atoms with Crippen molar-refractivity contribution in [1.29, 1.82) is 5.41 Å². The molecule has 12 heteroatoms. The molecule has 1 aromatic carbocycles. The summed E-state index contributed by atoms with van der Waals surface area (Å²) in [5.41, 5.74) is 0.904. The average Bonchev–Trinajstić information content (AvgIpc) is 3.39. The smallest absolute Gasteiger partial charge is 0.340 e. The summed E-state index contributed by atoms with van der Waals surface area (Å²) in [5.74, 6) is -0.502. The Kier molecular flexibility index (Phi) is 5.82. The average molecular weight is 466 g/mol. The van der Waals surface area contributed by atoms with Gasteiger partial charge in [-0.1, -0.05) is 17.7 Å². The fraction of sp³-hybridized carbons (Fsp3) is 0.368. The number of sulfonamides is 1.